The van der Waals surface area contributed by atoms with Gasteiger partial charge in [0, 0.05) is 17.7 Å². The van der Waals surface area contributed by atoms with Crippen molar-refractivity contribution in [3.05, 3.63) is 60.5 Å². The fourth-order valence-electron chi connectivity index (χ4n) is 4.58. The maximum atomic E-state index is 11.0. The highest BCUT2D eigenvalue weighted by Crippen LogP contribution is 2.31. The van der Waals surface area contributed by atoms with Crippen molar-refractivity contribution in [3.63, 3.8) is 0 Å². The molecule has 2 aromatic heterocycles. The van der Waals surface area contributed by atoms with Crippen molar-refractivity contribution in [2.75, 3.05) is 0 Å². The van der Waals surface area contributed by atoms with Crippen LogP contribution in [0.25, 0.3) is 33.9 Å². The normalized spacial score (nSPS) is 14.8. The Morgan fingerprint density at radius 3 is 2.48 bits per heavy atom. The molecule has 1 aliphatic carbocycles. The van der Waals surface area contributed by atoms with Gasteiger partial charge in [-0.05, 0) is 36.6 Å². The molecule has 0 unspecified atom stereocenters. The van der Waals surface area contributed by atoms with Crippen LogP contribution in [0.15, 0.2) is 59.2 Å². The first kappa shape index (κ1) is 19.5. The number of rotatable bonds is 6. The van der Waals surface area contributed by atoms with E-state index in [9.17, 15) is 4.79 Å². The number of benzene rings is 2. The molecule has 0 amide bonds. The number of hydrogen-bond acceptors (Lipinski definition) is 4. The van der Waals surface area contributed by atoms with Crippen molar-refractivity contribution in [1.82, 2.24) is 14.5 Å². The van der Waals surface area contributed by atoms with Crippen LogP contribution in [0.2, 0.25) is 0 Å². The van der Waals surface area contributed by atoms with Crippen LogP contribution in [0.5, 0.6) is 0 Å². The molecule has 0 saturated heterocycles. The average Bonchev–Trinajstić information content (AvgIpc) is 3.44. The number of fused-ring (bicyclic) bond motifs is 1. The number of carboxylic acids is 1. The average molecular weight is 415 g/mol. The zero-order chi connectivity index (χ0) is 21.2. The molecule has 0 aliphatic heterocycles. The second kappa shape index (κ2) is 8.38. The summed E-state index contributed by atoms with van der Waals surface area (Å²) in [5, 5.41) is 9.05. The van der Waals surface area contributed by atoms with Crippen molar-refractivity contribution < 1.29 is 14.3 Å². The predicted molar refractivity (Wildman–Crippen MR) is 119 cm³/mol. The van der Waals surface area contributed by atoms with Gasteiger partial charge < -0.3 is 14.1 Å². The second-order valence-electron chi connectivity index (χ2n) is 8.29. The molecular weight excluding hydrogens is 390 g/mol. The van der Waals surface area contributed by atoms with E-state index in [1.807, 2.05) is 30.3 Å². The molecule has 1 fully saturated rings. The van der Waals surface area contributed by atoms with Gasteiger partial charge >= 0.3 is 5.97 Å². The molecule has 158 valence electrons. The summed E-state index contributed by atoms with van der Waals surface area (Å²) >= 11 is 0. The summed E-state index contributed by atoms with van der Waals surface area (Å²) in [5.41, 5.74) is 3.83. The fraction of sp³-hybridized carbons (Fsp3) is 0.320. The van der Waals surface area contributed by atoms with E-state index in [0.717, 1.165) is 46.7 Å². The van der Waals surface area contributed by atoms with Crippen LogP contribution in [0.1, 0.15) is 49.0 Å². The Kier molecular flexibility index (Phi) is 5.28. The molecule has 5 rings (SSSR count). The number of aromatic carboxylic acids is 1. The van der Waals surface area contributed by atoms with E-state index in [0.29, 0.717) is 5.89 Å². The van der Waals surface area contributed by atoms with Crippen molar-refractivity contribution >= 4 is 17.0 Å². The first-order chi connectivity index (χ1) is 15.2. The smallest absolute Gasteiger partial charge is 0.357 e. The minimum absolute atomic E-state index is 0.0939. The summed E-state index contributed by atoms with van der Waals surface area (Å²) < 4.78 is 7.66. The first-order valence-corrected chi connectivity index (χ1v) is 10.9. The molecule has 0 spiro atoms. The second-order valence-corrected chi connectivity index (χ2v) is 8.29. The summed E-state index contributed by atoms with van der Waals surface area (Å²) in [6.45, 7) is 0.962. The van der Waals surface area contributed by atoms with E-state index in [2.05, 4.69) is 27.8 Å². The van der Waals surface area contributed by atoms with Gasteiger partial charge in [0.2, 0.25) is 5.89 Å². The van der Waals surface area contributed by atoms with Crippen LogP contribution < -0.4 is 0 Å². The minimum Gasteiger partial charge on any atom is -0.476 e. The van der Waals surface area contributed by atoms with Gasteiger partial charge in [0.15, 0.2) is 5.69 Å². The molecular formula is C25H25N3O3. The standard InChI is InChI=1S/C25H25N3O3/c29-25(30)21-16-31-24(27-21)19-12-10-18(11-13-19)23-26-20-8-4-5-9-22(20)28(23)15-14-17-6-2-1-3-7-17/h4-5,8-13,16-17H,1-3,6-7,14-15H2,(H,29,30). The molecule has 31 heavy (non-hydrogen) atoms. The highest BCUT2D eigenvalue weighted by atomic mass is 16.4. The van der Waals surface area contributed by atoms with E-state index in [4.69, 9.17) is 14.5 Å². The summed E-state index contributed by atoms with van der Waals surface area (Å²) in [6, 6.07) is 16.1. The molecule has 0 atom stereocenters. The van der Waals surface area contributed by atoms with Gasteiger partial charge in [-0.15, -0.1) is 0 Å². The van der Waals surface area contributed by atoms with Gasteiger partial charge in [0.25, 0.3) is 0 Å². The Labute approximate surface area is 180 Å². The van der Waals surface area contributed by atoms with Crippen LogP contribution in [-0.4, -0.2) is 25.6 Å². The largest absolute Gasteiger partial charge is 0.476 e. The Bertz CT molecular complexity index is 1200. The summed E-state index contributed by atoms with van der Waals surface area (Å²) in [5.74, 6) is 0.967. The Balaban J connectivity index is 1.45. The van der Waals surface area contributed by atoms with Gasteiger partial charge in [0.1, 0.15) is 12.1 Å². The van der Waals surface area contributed by atoms with Crippen LogP contribution in [0, 0.1) is 5.92 Å². The lowest BCUT2D eigenvalue weighted by molar-refractivity contribution is 0.0690. The first-order valence-electron chi connectivity index (χ1n) is 10.9. The molecule has 2 aromatic carbocycles. The number of aryl methyl sites for hydroxylation is 1. The maximum Gasteiger partial charge on any atom is 0.357 e. The van der Waals surface area contributed by atoms with Gasteiger partial charge in [-0.25, -0.2) is 14.8 Å². The number of oxazole rings is 1. The SMILES string of the molecule is O=C(O)c1coc(-c2ccc(-c3nc4ccccc4n3CCC3CCCCC3)cc2)n1. The summed E-state index contributed by atoms with van der Waals surface area (Å²) in [4.78, 5) is 20.0. The lowest BCUT2D eigenvalue weighted by atomic mass is 9.87. The third-order valence-electron chi connectivity index (χ3n) is 6.25. The van der Waals surface area contributed by atoms with Gasteiger partial charge in [-0.1, -0.05) is 56.4 Å². The maximum absolute atomic E-state index is 11.0. The molecule has 1 N–H and O–H groups in total. The zero-order valence-corrected chi connectivity index (χ0v) is 17.3. The zero-order valence-electron chi connectivity index (χ0n) is 17.3. The molecule has 1 aliphatic rings. The molecule has 6 heteroatoms. The number of hydrogen-bond donors (Lipinski definition) is 1. The number of nitrogens with zero attached hydrogens (tertiary/aromatic N) is 3. The fourth-order valence-corrected chi connectivity index (χ4v) is 4.58. The van der Waals surface area contributed by atoms with Crippen molar-refractivity contribution in [1.29, 1.82) is 0 Å². The van der Waals surface area contributed by atoms with Crippen molar-refractivity contribution in [2.24, 2.45) is 5.92 Å². The van der Waals surface area contributed by atoms with Crippen LogP contribution in [0.3, 0.4) is 0 Å². The van der Waals surface area contributed by atoms with Crippen molar-refractivity contribution in [3.8, 4) is 22.8 Å². The minimum atomic E-state index is -1.10. The van der Waals surface area contributed by atoms with Gasteiger partial charge in [-0.3, -0.25) is 0 Å². The quantitative estimate of drug-likeness (QED) is 0.416. The predicted octanol–water partition coefficient (Wildman–Crippen LogP) is 6.03. The highest BCUT2D eigenvalue weighted by molar-refractivity contribution is 5.85. The summed E-state index contributed by atoms with van der Waals surface area (Å²) in [6.07, 6.45) is 9.11. The molecule has 2 heterocycles. The van der Waals surface area contributed by atoms with E-state index < -0.39 is 5.97 Å². The summed E-state index contributed by atoms with van der Waals surface area (Å²) in [7, 11) is 0. The molecule has 4 aromatic rings. The third kappa shape index (κ3) is 3.98. The Morgan fingerprint density at radius 1 is 1.00 bits per heavy atom. The Hall–Kier alpha value is -3.41. The van der Waals surface area contributed by atoms with Gasteiger partial charge in [0.05, 0.1) is 11.0 Å². The van der Waals surface area contributed by atoms with E-state index in [-0.39, 0.29) is 5.69 Å². The Morgan fingerprint density at radius 2 is 1.74 bits per heavy atom. The number of para-hydroxylation sites is 2. The van der Waals surface area contributed by atoms with Crippen LogP contribution in [0.4, 0.5) is 0 Å². The lowest BCUT2D eigenvalue weighted by Crippen LogP contribution is -2.10. The van der Waals surface area contributed by atoms with Crippen LogP contribution in [-0.2, 0) is 6.54 Å². The molecule has 0 radical (unpaired) electrons. The monoisotopic (exact) mass is 415 g/mol. The number of carboxylic acid groups (broad SMARTS) is 1. The van der Waals surface area contributed by atoms with E-state index in [1.165, 1.54) is 38.5 Å². The highest BCUT2D eigenvalue weighted by Gasteiger charge is 2.18. The van der Waals surface area contributed by atoms with Crippen LogP contribution >= 0.6 is 0 Å². The number of imidazole rings is 1. The molecule has 6 nitrogen and oxygen atoms in total. The lowest BCUT2D eigenvalue weighted by Gasteiger charge is -2.22. The van der Waals surface area contributed by atoms with Crippen molar-refractivity contribution in [2.45, 2.75) is 45.1 Å². The van der Waals surface area contributed by atoms with E-state index >= 15 is 0 Å². The topological polar surface area (TPSA) is 81.1 Å². The molecule has 1 saturated carbocycles. The van der Waals surface area contributed by atoms with Gasteiger partial charge in [-0.2, -0.15) is 0 Å². The third-order valence-corrected chi connectivity index (χ3v) is 6.25. The molecule has 0 bridgehead atoms. The number of carbonyl (C=O) groups is 1. The number of aromatic nitrogens is 3. The van der Waals surface area contributed by atoms with E-state index in [1.54, 1.807) is 0 Å².